The van der Waals surface area contributed by atoms with E-state index in [1.807, 2.05) is 0 Å². The second-order valence-corrected chi connectivity index (χ2v) is 8.83. The molecular weight excluding hydrogens is 374 g/mol. The average molecular weight is 395 g/mol. The maximum Gasteiger partial charge on any atom is 0.339 e. The van der Waals surface area contributed by atoms with E-state index in [4.69, 9.17) is 9.15 Å². The van der Waals surface area contributed by atoms with Gasteiger partial charge in [-0.25, -0.2) is 13.2 Å². The maximum absolute atomic E-state index is 12.3. The van der Waals surface area contributed by atoms with Gasteiger partial charge < -0.3 is 19.6 Å². The van der Waals surface area contributed by atoms with Gasteiger partial charge in [-0.3, -0.25) is 4.79 Å². The summed E-state index contributed by atoms with van der Waals surface area (Å²) >= 11 is 0. The van der Waals surface area contributed by atoms with Crippen LogP contribution in [-0.4, -0.2) is 50.2 Å². The normalized spacial score (nSPS) is 21.3. The van der Waals surface area contributed by atoms with Crippen molar-refractivity contribution in [3.63, 3.8) is 0 Å². The predicted molar refractivity (Wildman–Crippen MR) is 98.7 cm³/mol. The number of benzene rings is 1. The molecule has 8 nitrogen and oxygen atoms in total. The number of nitrogens with one attached hydrogen (secondary N) is 1. The highest BCUT2D eigenvalue weighted by atomic mass is 32.2. The van der Waals surface area contributed by atoms with E-state index in [2.05, 4.69) is 5.32 Å². The molecule has 9 heteroatoms. The molecule has 1 amide bonds. The standard InChI is InChI=1S/C18H21NO7S/c1-10-12-4-3-11(25-2)7-16(12)26-18(22)13(10)5-6-17(21)19-14-8-27(23,24)9-15(14)20/h3-4,7,14-15,20H,5-6,8-9H2,1-2H3,(H,19,21)/t14-,15+/m0/s1. The Balaban J connectivity index is 1.73. The molecular formula is C18H21NO7S. The molecule has 2 aromatic rings. The van der Waals surface area contributed by atoms with E-state index in [1.54, 1.807) is 25.1 Å². The molecule has 0 radical (unpaired) electrons. The van der Waals surface area contributed by atoms with Crippen molar-refractivity contribution < 1.29 is 27.5 Å². The molecule has 1 saturated heterocycles. The van der Waals surface area contributed by atoms with Gasteiger partial charge in [-0.2, -0.15) is 0 Å². The molecule has 1 aliphatic rings. The lowest BCUT2D eigenvalue weighted by Gasteiger charge is -2.15. The molecule has 3 rings (SSSR count). The number of sulfone groups is 1. The van der Waals surface area contributed by atoms with Crippen LogP contribution in [-0.2, 0) is 21.1 Å². The molecule has 1 fully saturated rings. The summed E-state index contributed by atoms with van der Waals surface area (Å²) in [5.74, 6) is -0.486. The minimum Gasteiger partial charge on any atom is -0.497 e. The van der Waals surface area contributed by atoms with E-state index in [-0.39, 0.29) is 24.3 Å². The number of carbonyl (C=O) groups excluding carboxylic acids is 1. The number of hydrogen-bond acceptors (Lipinski definition) is 7. The minimum atomic E-state index is -3.34. The number of hydrogen-bond donors (Lipinski definition) is 2. The number of rotatable bonds is 5. The number of ether oxygens (including phenoxy) is 1. The second-order valence-electron chi connectivity index (χ2n) is 6.67. The van der Waals surface area contributed by atoms with E-state index < -0.39 is 33.5 Å². The number of amides is 1. The highest BCUT2D eigenvalue weighted by Gasteiger charge is 2.37. The number of aryl methyl sites for hydroxylation is 1. The fourth-order valence-corrected chi connectivity index (χ4v) is 5.02. The highest BCUT2D eigenvalue weighted by Crippen LogP contribution is 2.24. The summed E-state index contributed by atoms with van der Waals surface area (Å²) in [4.78, 5) is 24.4. The first-order valence-electron chi connectivity index (χ1n) is 8.48. The SMILES string of the molecule is COc1ccc2c(C)c(CCC(=O)N[C@H]3CS(=O)(=O)C[C@H]3O)c(=O)oc2c1. The molecule has 0 spiro atoms. The minimum absolute atomic E-state index is 0.0173. The van der Waals surface area contributed by atoms with Gasteiger partial charge in [0.2, 0.25) is 5.91 Å². The fraction of sp³-hybridized carbons (Fsp3) is 0.444. The zero-order valence-corrected chi connectivity index (χ0v) is 15.8. The maximum atomic E-state index is 12.3. The van der Waals surface area contributed by atoms with E-state index >= 15 is 0 Å². The molecule has 1 aromatic carbocycles. The van der Waals surface area contributed by atoms with Crippen LogP contribution < -0.4 is 15.7 Å². The first kappa shape index (κ1) is 19.4. The van der Waals surface area contributed by atoms with Crippen molar-refractivity contribution in [1.82, 2.24) is 5.32 Å². The Kier molecular flexibility index (Phi) is 5.25. The third-order valence-electron chi connectivity index (χ3n) is 4.77. The van der Waals surface area contributed by atoms with Crippen LogP contribution in [0.3, 0.4) is 0 Å². The lowest BCUT2D eigenvalue weighted by molar-refractivity contribution is -0.122. The zero-order chi connectivity index (χ0) is 19.8. The van der Waals surface area contributed by atoms with Gasteiger partial charge in [-0.15, -0.1) is 0 Å². The van der Waals surface area contributed by atoms with Crippen molar-refractivity contribution in [3.8, 4) is 5.75 Å². The molecule has 2 heterocycles. The summed E-state index contributed by atoms with van der Waals surface area (Å²) in [6.07, 6.45) is -0.977. The summed E-state index contributed by atoms with van der Waals surface area (Å²) in [5, 5.41) is 13.0. The largest absolute Gasteiger partial charge is 0.497 e. The van der Waals surface area contributed by atoms with Gasteiger partial charge in [0.15, 0.2) is 9.84 Å². The van der Waals surface area contributed by atoms with Crippen LogP contribution in [0, 0.1) is 6.92 Å². The molecule has 0 saturated carbocycles. The number of carbonyl (C=O) groups is 1. The molecule has 0 bridgehead atoms. The van der Waals surface area contributed by atoms with Crippen molar-refractivity contribution in [2.24, 2.45) is 0 Å². The van der Waals surface area contributed by atoms with Gasteiger partial charge in [-0.1, -0.05) is 0 Å². The van der Waals surface area contributed by atoms with Crippen LogP contribution in [0.1, 0.15) is 17.5 Å². The van der Waals surface area contributed by atoms with Crippen LogP contribution in [0.25, 0.3) is 11.0 Å². The Bertz CT molecular complexity index is 1040. The Hall–Kier alpha value is -2.39. The Morgan fingerprint density at radius 3 is 2.74 bits per heavy atom. The topological polar surface area (TPSA) is 123 Å². The van der Waals surface area contributed by atoms with Gasteiger partial charge in [-0.05, 0) is 31.0 Å². The molecule has 2 N–H and O–H groups in total. The zero-order valence-electron chi connectivity index (χ0n) is 15.0. The first-order valence-corrected chi connectivity index (χ1v) is 10.3. The van der Waals surface area contributed by atoms with Gasteiger partial charge >= 0.3 is 5.63 Å². The lowest BCUT2D eigenvalue weighted by atomic mass is 10.0. The highest BCUT2D eigenvalue weighted by molar-refractivity contribution is 7.91. The van der Waals surface area contributed by atoms with Crippen LogP contribution in [0.5, 0.6) is 5.75 Å². The third-order valence-corrected chi connectivity index (χ3v) is 6.48. The van der Waals surface area contributed by atoms with Crippen LogP contribution in [0.2, 0.25) is 0 Å². The third kappa shape index (κ3) is 4.14. The summed E-state index contributed by atoms with van der Waals surface area (Å²) in [6, 6.07) is 4.36. The van der Waals surface area contributed by atoms with Crippen molar-refractivity contribution in [2.45, 2.75) is 31.9 Å². The smallest absolute Gasteiger partial charge is 0.339 e. The van der Waals surface area contributed by atoms with Gasteiger partial charge in [0, 0.05) is 23.4 Å². The summed E-state index contributed by atoms with van der Waals surface area (Å²) < 4.78 is 33.5. The molecule has 146 valence electrons. The Labute approximate surface area is 156 Å². The average Bonchev–Trinajstić information content (AvgIpc) is 2.85. The van der Waals surface area contributed by atoms with Gasteiger partial charge in [0.05, 0.1) is 30.8 Å². The van der Waals surface area contributed by atoms with E-state index in [1.165, 1.54) is 7.11 Å². The molecule has 2 atom stereocenters. The van der Waals surface area contributed by atoms with Crippen molar-refractivity contribution in [3.05, 3.63) is 39.7 Å². The van der Waals surface area contributed by atoms with Crippen LogP contribution in [0.4, 0.5) is 0 Å². The lowest BCUT2D eigenvalue weighted by Crippen LogP contribution is -2.42. The van der Waals surface area contributed by atoms with Crippen molar-refractivity contribution >= 4 is 26.7 Å². The monoisotopic (exact) mass is 395 g/mol. The molecule has 1 aliphatic heterocycles. The predicted octanol–water partition coefficient (Wildman–Crippen LogP) is 0.317. The quantitative estimate of drug-likeness (QED) is 0.699. The fourth-order valence-electron chi connectivity index (χ4n) is 3.27. The van der Waals surface area contributed by atoms with Crippen LogP contribution in [0.15, 0.2) is 27.4 Å². The number of aliphatic hydroxyl groups is 1. The Morgan fingerprint density at radius 2 is 2.11 bits per heavy atom. The molecule has 0 unspecified atom stereocenters. The van der Waals surface area contributed by atoms with E-state index in [0.29, 0.717) is 16.9 Å². The number of aliphatic hydroxyl groups excluding tert-OH is 1. The van der Waals surface area contributed by atoms with Gasteiger partial charge in [0.25, 0.3) is 0 Å². The summed E-state index contributed by atoms with van der Waals surface area (Å²) in [7, 11) is -1.82. The van der Waals surface area contributed by atoms with E-state index in [9.17, 15) is 23.1 Å². The Morgan fingerprint density at radius 1 is 1.37 bits per heavy atom. The van der Waals surface area contributed by atoms with Gasteiger partial charge in [0.1, 0.15) is 11.3 Å². The molecule has 0 aliphatic carbocycles. The molecule has 27 heavy (non-hydrogen) atoms. The number of methoxy groups -OCH3 is 1. The number of fused-ring (bicyclic) bond motifs is 1. The second kappa shape index (κ2) is 7.32. The summed E-state index contributed by atoms with van der Waals surface area (Å²) in [6.45, 7) is 1.78. The van der Waals surface area contributed by atoms with Crippen molar-refractivity contribution in [2.75, 3.05) is 18.6 Å². The summed E-state index contributed by atoms with van der Waals surface area (Å²) in [5.41, 5.74) is 0.997. The van der Waals surface area contributed by atoms with E-state index in [0.717, 1.165) is 10.9 Å². The first-order chi connectivity index (χ1) is 12.7. The van der Waals surface area contributed by atoms with Crippen LogP contribution >= 0.6 is 0 Å². The molecule has 1 aromatic heterocycles. The van der Waals surface area contributed by atoms with Crippen molar-refractivity contribution in [1.29, 1.82) is 0 Å².